The number of hydrogen-bond donors (Lipinski definition) is 0. The van der Waals surface area contributed by atoms with Gasteiger partial charge in [-0.3, -0.25) is 4.68 Å². The summed E-state index contributed by atoms with van der Waals surface area (Å²) in [5, 5.41) is 8.00. The fraction of sp³-hybridized carbons (Fsp3) is 0.800. The summed E-state index contributed by atoms with van der Waals surface area (Å²) in [4.78, 5) is 0. The predicted octanol–water partition coefficient (Wildman–Crippen LogP) is 1.13. The molecule has 0 amide bonds. The Morgan fingerprint density at radius 1 is 1.40 bits per heavy atom. The molecule has 0 aromatic carbocycles. The van der Waals surface area contributed by atoms with Gasteiger partial charge in [0, 0.05) is 20.1 Å². The molecule has 1 aromatic heterocycles. The lowest BCUT2D eigenvalue weighted by atomic mass is 9.92. The molecule has 5 heteroatoms. The van der Waals surface area contributed by atoms with E-state index in [-0.39, 0.29) is 12.4 Å². The summed E-state index contributed by atoms with van der Waals surface area (Å²) in [5.41, 5.74) is 0.886. The highest BCUT2D eigenvalue weighted by molar-refractivity contribution is 5.03. The molecule has 0 spiro atoms. The molecule has 2 rings (SSSR count). The third-order valence-electron chi connectivity index (χ3n) is 3.16. The van der Waals surface area contributed by atoms with Crippen molar-refractivity contribution in [3.05, 3.63) is 11.9 Å². The first-order valence-electron chi connectivity index (χ1n) is 5.18. The van der Waals surface area contributed by atoms with Crippen LogP contribution in [0.15, 0.2) is 6.20 Å². The first kappa shape index (κ1) is 10.6. The Hall–Kier alpha value is -0.940. The summed E-state index contributed by atoms with van der Waals surface area (Å²) >= 11 is 0. The van der Waals surface area contributed by atoms with E-state index in [2.05, 4.69) is 24.2 Å². The number of aromatic nitrogens is 3. The maximum Gasteiger partial charge on any atom is 0.161 e. The van der Waals surface area contributed by atoms with Crippen LogP contribution in [0, 0.1) is 11.8 Å². The lowest BCUT2D eigenvalue weighted by Gasteiger charge is -2.13. The third kappa shape index (κ3) is 1.77. The van der Waals surface area contributed by atoms with E-state index in [1.807, 2.05) is 13.2 Å². The van der Waals surface area contributed by atoms with Gasteiger partial charge in [0.1, 0.15) is 11.8 Å². The van der Waals surface area contributed by atoms with Gasteiger partial charge in [0.05, 0.1) is 6.20 Å². The van der Waals surface area contributed by atoms with E-state index in [1.165, 1.54) is 0 Å². The van der Waals surface area contributed by atoms with Crippen LogP contribution >= 0.6 is 0 Å². The minimum atomic E-state index is -0.132. The fourth-order valence-electron chi connectivity index (χ4n) is 2.02. The van der Waals surface area contributed by atoms with E-state index in [1.54, 1.807) is 11.8 Å². The topological polar surface area (TPSA) is 49.2 Å². The van der Waals surface area contributed by atoms with Crippen molar-refractivity contribution < 1.29 is 9.47 Å². The fourth-order valence-corrected chi connectivity index (χ4v) is 2.02. The van der Waals surface area contributed by atoms with Crippen LogP contribution < -0.4 is 0 Å². The normalized spacial score (nSPS) is 36.0. The van der Waals surface area contributed by atoms with Crippen molar-refractivity contribution >= 4 is 0 Å². The van der Waals surface area contributed by atoms with Gasteiger partial charge >= 0.3 is 0 Å². The molecule has 1 aliphatic heterocycles. The van der Waals surface area contributed by atoms with Crippen molar-refractivity contribution in [3.8, 4) is 0 Å². The maximum absolute atomic E-state index is 5.80. The van der Waals surface area contributed by atoms with Gasteiger partial charge in [-0.2, -0.15) is 0 Å². The SMILES string of the molecule is COC1O[C@H](c2cn(C)nn2)[C@@H](C)[C@H]1C. The van der Waals surface area contributed by atoms with Crippen LogP contribution in [0.5, 0.6) is 0 Å². The summed E-state index contributed by atoms with van der Waals surface area (Å²) in [6.45, 7) is 4.29. The Balaban J connectivity index is 2.18. The minimum Gasteiger partial charge on any atom is -0.356 e. The predicted molar refractivity (Wildman–Crippen MR) is 54.0 cm³/mol. The number of ether oxygens (including phenoxy) is 2. The molecule has 15 heavy (non-hydrogen) atoms. The van der Waals surface area contributed by atoms with Crippen molar-refractivity contribution in [2.24, 2.45) is 18.9 Å². The van der Waals surface area contributed by atoms with E-state index < -0.39 is 0 Å². The van der Waals surface area contributed by atoms with Crippen LogP contribution in [0.3, 0.4) is 0 Å². The second-order valence-electron chi connectivity index (χ2n) is 4.20. The highest BCUT2D eigenvalue weighted by Crippen LogP contribution is 2.41. The molecular formula is C10H17N3O2. The van der Waals surface area contributed by atoms with Crippen LogP contribution in [0.2, 0.25) is 0 Å². The van der Waals surface area contributed by atoms with Gasteiger partial charge in [-0.15, -0.1) is 5.10 Å². The molecule has 5 nitrogen and oxygen atoms in total. The van der Waals surface area contributed by atoms with E-state index >= 15 is 0 Å². The van der Waals surface area contributed by atoms with Crippen molar-refractivity contribution in [3.63, 3.8) is 0 Å². The average Bonchev–Trinajstić information content (AvgIpc) is 2.74. The molecule has 1 saturated heterocycles. The Morgan fingerprint density at radius 2 is 2.13 bits per heavy atom. The van der Waals surface area contributed by atoms with Gasteiger partial charge in [0.25, 0.3) is 0 Å². The van der Waals surface area contributed by atoms with Gasteiger partial charge in [-0.25, -0.2) is 0 Å². The van der Waals surface area contributed by atoms with Gasteiger partial charge in [0.2, 0.25) is 0 Å². The van der Waals surface area contributed by atoms with Crippen LogP contribution in [0.1, 0.15) is 25.6 Å². The highest BCUT2D eigenvalue weighted by atomic mass is 16.7. The minimum absolute atomic E-state index is 0.00125. The van der Waals surface area contributed by atoms with Crippen molar-refractivity contribution in [2.45, 2.75) is 26.2 Å². The monoisotopic (exact) mass is 211 g/mol. The van der Waals surface area contributed by atoms with Crippen LogP contribution in [-0.4, -0.2) is 28.4 Å². The Morgan fingerprint density at radius 3 is 2.60 bits per heavy atom. The molecule has 1 fully saturated rings. The number of methoxy groups -OCH3 is 1. The summed E-state index contributed by atoms with van der Waals surface area (Å²) < 4.78 is 12.8. The molecule has 1 unspecified atom stereocenters. The zero-order valence-electron chi connectivity index (χ0n) is 9.54. The number of hydrogen-bond acceptors (Lipinski definition) is 4. The van der Waals surface area contributed by atoms with Crippen molar-refractivity contribution in [1.29, 1.82) is 0 Å². The van der Waals surface area contributed by atoms with Crippen molar-refractivity contribution in [2.75, 3.05) is 7.11 Å². The second-order valence-corrected chi connectivity index (χ2v) is 4.20. The molecule has 0 radical (unpaired) electrons. The van der Waals surface area contributed by atoms with Gasteiger partial charge < -0.3 is 9.47 Å². The van der Waals surface area contributed by atoms with Gasteiger partial charge in [-0.05, 0) is 5.92 Å². The molecule has 0 saturated carbocycles. The summed E-state index contributed by atoms with van der Waals surface area (Å²) in [5.74, 6) is 0.772. The van der Waals surface area contributed by atoms with E-state index in [0.717, 1.165) is 5.69 Å². The molecule has 0 N–H and O–H groups in total. The highest BCUT2D eigenvalue weighted by Gasteiger charge is 2.41. The second kappa shape index (κ2) is 3.90. The number of aryl methyl sites for hydroxylation is 1. The number of nitrogens with zero attached hydrogens (tertiary/aromatic N) is 3. The third-order valence-corrected chi connectivity index (χ3v) is 3.16. The standard InChI is InChI=1S/C10H17N3O2/c1-6-7(2)10(14-4)15-9(6)8-5-13(3)12-11-8/h5-7,9-10H,1-4H3/t6-,7+,9-,10?/m0/s1. The maximum atomic E-state index is 5.80. The summed E-state index contributed by atoms with van der Waals surface area (Å²) in [7, 11) is 3.53. The quantitative estimate of drug-likeness (QED) is 0.735. The summed E-state index contributed by atoms with van der Waals surface area (Å²) in [6.07, 6.45) is 1.76. The first-order valence-corrected chi connectivity index (χ1v) is 5.18. The molecule has 1 aliphatic rings. The average molecular weight is 211 g/mol. The lowest BCUT2D eigenvalue weighted by Crippen LogP contribution is -2.17. The van der Waals surface area contributed by atoms with Crippen LogP contribution in [0.4, 0.5) is 0 Å². The van der Waals surface area contributed by atoms with Crippen LogP contribution in [0.25, 0.3) is 0 Å². The number of rotatable bonds is 2. The lowest BCUT2D eigenvalue weighted by molar-refractivity contribution is -0.131. The Kier molecular flexibility index (Phi) is 2.75. The van der Waals surface area contributed by atoms with E-state index in [0.29, 0.717) is 11.8 Å². The van der Waals surface area contributed by atoms with E-state index in [4.69, 9.17) is 9.47 Å². The van der Waals surface area contributed by atoms with Crippen LogP contribution in [-0.2, 0) is 16.5 Å². The molecular weight excluding hydrogens is 194 g/mol. The zero-order valence-corrected chi connectivity index (χ0v) is 9.54. The van der Waals surface area contributed by atoms with E-state index in [9.17, 15) is 0 Å². The molecule has 4 atom stereocenters. The molecule has 0 bridgehead atoms. The van der Waals surface area contributed by atoms with Gasteiger partial charge in [-0.1, -0.05) is 19.1 Å². The van der Waals surface area contributed by atoms with Crippen molar-refractivity contribution in [1.82, 2.24) is 15.0 Å². The first-order chi connectivity index (χ1) is 7.13. The molecule has 1 aromatic rings. The van der Waals surface area contributed by atoms with Gasteiger partial charge in [0.15, 0.2) is 6.29 Å². The Labute approximate surface area is 89.4 Å². The Bertz CT molecular complexity index is 339. The zero-order chi connectivity index (χ0) is 11.0. The largest absolute Gasteiger partial charge is 0.356 e. The molecule has 2 heterocycles. The molecule has 84 valence electrons. The summed E-state index contributed by atoms with van der Waals surface area (Å²) in [6, 6.07) is 0. The molecule has 0 aliphatic carbocycles. The smallest absolute Gasteiger partial charge is 0.161 e.